The molecule has 0 radical (unpaired) electrons. The molecule has 158 valence electrons. The Morgan fingerprint density at radius 3 is 2.43 bits per heavy atom. The van der Waals surface area contributed by atoms with Crippen LogP contribution in [0.25, 0.3) is 0 Å². The third-order valence-electron chi connectivity index (χ3n) is 5.28. The third-order valence-corrected chi connectivity index (χ3v) is 5.28. The van der Waals surface area contributed by atoms with Crippen LogP contribution in [0.3, 0.4) is 0 Å². The zero-order valence-corrected chi connectivity index (χ0v) is 18.0. The van der Waals surface area contributed by atoms with Crippen LogP contribution in [0.15, 0.2) is 59.6 Å². The van der Waals surface area contributed by atoms with E-state index in [1.807, 2.05) is 39.0 Å². The zero-order valence-electron chi connectivity index (χ0n) is 18.0. The van der Waals surface area contributed by atoms with Gasteiger partial charge in [-0.25, -0.2) is 0 Å². The van der Waals surface area contributed by atoms with Crippen molar-refractivity contribution < 1.29 is 14.3 Å². The second-order valence-corrected chi connectivity index (χ2v) is 8.07. The summed E-state index contributed by atoms with van der Waals surface area (Å²) < 4.78 is 5.17. The van der Waals surface area contributed by atoms with Crippen LogP contribution < -0.4 is 10.1 Å². The number of hydrogen-bond acceptors (Lipinski definition) is 4. The molecule has 1 aliphatic rings. The lowest BCUT2D eigenvalue weighted by molar-refractivity contribution is -0.134. The van der Waals surface area contributed by atoms with Crippen LogP contribution in [0.2, 0.25) is 0 Å². The molecule has 3 rings (SSSR count). The molecular weight excluding hydrogens is 378 g/mol. The number of amides is 2. The lowest BCUT2D eigenvalue weighted by Crippen LogP contribution is -2.49. The predicted octanol–water partition coefficient (Wildman–Crippen LogP) is 3.20. The first-order valence-electron chi connectivity index (χ1n) is 10.2. The molecule has 2 aromatic carbocycles. The lowest BCUT2D eigenvalue weighted by atomic mass is 10.1. The molecule has 6 heteroatoms. The SMILES string of the molecule is COc1ccc(C2=NC(C)(C)N(CC(=O)N[C@@H](C)CCc3ccccc3)C2=O)cc1. The Hall–Kier alpha value is -3.15. The van der Waals surface area contributed by atoms with E-state index in [4.69, 9.17) is 4.74 Å². The van der Waals surface area contributed by atoms with Crippen molar-refractivity contribution >= 4 is 17.5 Å². The number of carbonyl (C=O) groups excluding carboxylic acids is 2. The summed E-state index contributed by atoms with van der Waals surface area (Å²) in [6.45, 7) is 5.64. The highest BCUT2D eigenvalue weighted by atomic mass is 16.5. The van der Waals surface area contributed by atoms with Gasteiger partial charge in [0.2, 0.25) is 5.91 Å². The van der Waals surface area contributed by atoms with Gasteiger partial charge in [-0.1, -0.05) is 30.3 Å². The fraction of sp³-hybridized carbons (Fsp3) is 0.375. The average molecular weight is 408 g/mol. The van der Waals surface area contributed by atoms with E-state index < -0.39 is 5.66 Å². The van der Waals surface area contributed by atoms with Crippen molar-refractivity contribution in [3.63, 3.8) is 0 Å². The second-order valence-electron chi connectivity index (χ2n) is 8.07. The van der Waals surface area contributed by atoms with Gasteiger partial charge in [0.1, 0.15) is 23.7 Å². The summed E-state index contributed by atoms with van der Waals surface area (Å²) in [5.41, 5.74) is 1.55. The van der Waals surface area contributed by atoms with E-state index in [9.17, 15) is 9.59 Å². The molecule has 0 saturated heterocycles. The van der Waals surface area contributed by atoms with E-state index >= 15 is 0 Å². The van der Waals surface area contributed by atoms with Gasteiger partial charge in [-0.05, 0) is 63.4 Å². The minimum absolute atomic E-state index is 0.0144. The standard InChI is InChI=1S/C24H29N3O3/c1-17(10-11-18-8-6-5-7-9-18)25-21(28)16-27-23(29)22(26-24(27,2)3)19-12-14-20(30-4)15-13-19/h5-9,12-15,17H,10-11,16H2,1-4H3,(H,25,28)/t17-/m0/s1. The van der Waals surface area contributed by atoms with Gasteiger partial charge in [-0.2, -0.15) is 0 Å². The molecule has 0 aromatic heterocycles. The second kappa shape index (κ2) is 9.11. The maximum absolute atomic E-state index is 13.0. The van der Waals surface area contributed by atoms with Crippen molar-refractivity contribution in [2.45, 2.75) is 45.3 Å². The largest absolute Gasteiger partial charge is 0.497 e. The average Bonchev–Trinajstić information content (AvgIpc) is 2.96. The molecule has 0 saturated carbocycles. The Labute approximate surface area is 178 Å². The van der Waals surface area contributed by atoms with E-state index in [1.54, 1.807) is 31.4 Å². The highest BCUT2D eigenvalue weighted by molar-refractivity contribution is 6.47. The summed E-state index contributed by atoms with van der Waals surface area (Å²) >= 11 is 0. The van der Waals surface area contributed by atoms with E-state index in [1.165, 1.54) is 10.5 Å². The summed E-state index contributed by atoms with van der Waals surface area (Å²) in [5.74, 6) is 0.296. The molecule has 1 aliphatic heterocycles. The summed E-state index contributed by atoms with van der Waals surface area (Å²) in [4.78, 5) is 31.7. The number of nitrogens with zero attached hydrogens (tertiary/aromatic N) is 2. The molecule has 0 fully saturated rings. The Morgan fingerprint density at radius 2 is 1.80 bits per heavy atom. The van der Waals surface area contributed by atoms with Gasteiger partial charge in [-0.15, -0.1) is 0 Å². The Bertz CT molecular complexity index is 920. The van der Waals surface area contributed by atoms with Crippen molar-refractivity contribution in [1.29, 1.82) is 0 Å². The predicted molar refractivity (Wildman–Crippen MR) is 118 cm³/mol. The van der Waals surface area contributed by atoms with Crippen LogP contribution in [0, 0.1) is 0 Å². The van der Waals surface area contributed by atoms with Gasteiger partial charge in [-0.3, -0.25) is 14.6 Å². The fourth-order valence-electron chi connectivity index (χ4n) is 3.52. The van der Waals surface area contributed by atoms with Crippen molar-refractivity contribution in [2.75, 3.05) is 13.7 Å². The first kappa shape index (κ1) is 21.6. The van der Waals surface area contributed by atoms with Crippen molar-refractivity contribution in [3.05, 3.63) is 65.7 Å². The van der Waals surface area contributed by atoms with E-state index in [-0.39, 0.29) is 24.4 Å². The number of carbonyl (C=O) groups is 2. The molecule has 2 aromatic rings. The topological polar surface area (TPSA) is 71.0 Å². The van der Waals surface area contributed by atoms with Crippen LogP contribution in [0.4, 0.5) is 0 Å². The number of ether oxygens (including phenoxy) is 1. The first-order chi connectivity index (χ1) is 14.3. The summed E-state index contributed by atoms with van der Waals surface area (Å²) in [6, 6.07) is 17.4. The monoisotopic (exact) mass is 407 g/mol. The van der Waals surface area contributed by atoms with Crippen molar-refractivity contribution in [2.24, 2.45) is 4.99 Å². The van der Waals surface area contributed by atoms with Crippen LogP contribution >= 0.6 is 0 Å². The molecule has 1 N–H and O–H groups in total. The fourth-order valence-corrected chi connectivity index (χ4v) is 3.52. The molecule has 6 nitrogen and oxygen atoms in total. The third kappa shape index (κ3) is 5.06. The Kier molecular flexibility index (Phi) is 6.55. The summed E-state index contributed by atoms with van der Waals surface area (Å²) in [6.07, 6.45) is 1.72. The number of aliphatic imine (C=N–C) groups is 1. The van der Waals surface area contributed by atoms with Crippen LogP contribution in [-0.2, 0) is 16.0 Å². The number of benzene rings is 2. The minimum atomic E-state index is -0.781. The number of aryl methyl sites for hydroxylation is 1. The summed E-state index contributed by atoms with van der Waals surface area (Å²) in [7, 11) is 1.59. The van der Waals surface area contributed by atoms with Crippen LogP contribution in [0.1, 0.15) is 38.3 Å². The molecule has 0 aliphatic carbocycles. The van der Waals surface area contributed by atoms with E-state index in [0.29, 0.717) is 17.0 Å². The van der Waals surface area contributed by atoms with Crippen LogP contribution in [-0.4, -0.2) is 47.8 Å². The van der Waals surface area contributed by atoms with Gasteiger partial charge >= 0.3 is 0 Å². The molecule has 0 spiro atoms. The van der Waals surface area contributed by atoms with E-state index in [0.717, 1.165) is 12.8 Å². The Balaban J connectivity index is 1.59. The molecule has 2 amide bonds. The summed E-state index contributed by atoms with van der Waals surface area (Å²) in [5, 5.41) is 3.00. The lowest BCUT2D eigenvalue weighted by Gasteiger charge is -2.29. The van der Waals surface area contributed by atoms with Crippen molar-refractivity contribution in [1.82, 2.24) is 10.2 Å². The minimum Gasteiger partial charge on any atom is -0.497 e. The number of nitrogens with one attached hydrogen (secondary N) is 1. The molecule has 30 heavy (non-hydrogen) atoms. The maximum Gasteiger partial charge on any atom is 0.275 e. The van der Waals surface area contributed by atoms with E-state index in [2.05, 4.69) is 22.4 Å². The van der Waals surface area contributed by atoms with Crippen LogP contribution in [0.5, 0.6) is 5.75 Å². The normalized spacial score (nSPS) is 16.2. The number of hydrogen-bond donors (Lipinski definition) is 1. The zero-order chi connectivity index (χ0) is 21.7. The van der Waals surface area contributed by atoms with Gasteiger partial charge in [0, 0.05) is 11.6 Å². The van der Waals surface area contributed by atoms with Gasteiger partial charge in [0.25, 0.3) is 5.91 Å². The van der Waals surface area contributed by atoms with Crippen molar-refractivity contribution in [3.8, 4) is 5.75 Å². The first-order valence-corrected chi connectivity index (χ1v) is 10.2. The molecule has 1 heterocycles. The molecule has 0 bridgehead atoms. The molecular formula is C24H29N3O3. The molecule has 0 unspecified atom stereocenters. The highest BCUT2D eigenvalue weighted by Gasteiger charge is 2.41. The van der Waals surface area contributed by atoms with Gasteiger partial charge in [0.15, 0.2) is 0 Å². The quantitative estimate of drug-likeness (QED) is 0.731. The number of methoxy groups -OCH3 is 1. The molecule has 1 atom stereocenters. The highest BCUT2D eigenvalue weighted by Crippen LogP contribution is 2.26. The Morgan fingerprint density at radius 1 is 1.13 bits per heavy atom. The van der Waals surface area contributed by atoms with Gasteiger partial charge < -0.3 is 15.0 Å². The maximum atomic E-state index is 13.0. The smallest absolute Gasteiger partial charge is 0.275 e. The van der Waals surface area contributed by atoms with Gasteiger partial charge in [0.05, 0.1) is 7.11 Å². The number of rotatable bonds is 8.